The predicted molar refractivity (Wildman–Crippen MR) is 88.9 cm³/mol. The van der Waals surface area contributed by atoms with E-state index in [1.165, 1.54) is 48.4 Å². The normalized spacial score (nSPS) is 14.5. The fraction of sp³-hybridized carbons (Fsp3) is 0.389. The molecule has 1 aliphatic rings. The van der Waals surface area contributed by atoms with Crippen LogP contribution in [0.15, 0.2) is 36.5 Å². The van der Waals surface area contributed by atoms with E-state index in [1.807, 2.05) is 13.1 Å². The minimum absolute atomic E-state index is 0.817. The third-order valence-electron chi connectivity index (χ3n) is 4.14. The van der Waals surface area contributed by atoms with E-state index in [0.717, 1.165) is 12.2 Å². The summed E-state index contributed by atoms with van der Waals surface area (Å²) in [6, 6.07) is 10.9. The van der Waals surface area contributed by atoms with Crippen molar-refractivity contribution < 1.29 is 0 Å². The fourth-order valence-corrected chi connectivity index (χ4v) is 2.82. The maximum absolute atomic E-state index is 4.33. The standard InChI is InChI=1S/C18H23N3/c1-14-11-17(21-9-3-4-10-21)7-8-18(14)20-13-16-6-5-15(2)19-12-16/h5-8,11-12,20H,3-4,9-10,13H2,1-2H3. The Morgan fingerprint density at radius 2 is 1.90 bits per heavy atom. The Hall–Kier alpha value is -2.03. The Morgan fingerprint density at radius 3 is 2.57 bits per heavy atom. The molecule has 0 amide bonds. The molecule has 21 heavy (non-hydrogen) atoms. The van der Waals surface area contributed by atoms with Crippen LogP contribution in [0.1, 0.15) is 29.7 Å². The first-order valence-corrected chi connectivity index (χ1v) is 7.73. The molecule has 0 unspecified atom stereocenters. The number of aryl methyl sites for hydroxylation is 2. The highest BCUT2D eigenvalue weighted by molar-refractivity contribution is 5.60. The molecule has 3 rings (SSSR count). The fourth-order valence-electron chi connectivity index (χ4n) is 2.82. The summed E-state index contributed by atoms with van der Waals surface area (Å²) in [6.45, 7) is 7.40. The molecule has 1 aromatic heterocycles. The van der Waals surface area contributed by atoms with Crippen molar-refractivity contribution in [2.75, 3.05) is 23.3 Å². The maximum atomic E-state index is 4.33. The number of nitrogens with one attached hydrogen (secondary N) is 1. The van der Waals surface area contributed by atoms with E-state index in [1.54, 1.807) is 0 Å². The molecule has 0 spiro atoms. The summed E-state index contributed by atoms with van der Waals surface area (Å²) < 4.78 is 0. The van der Waals surface area contributed by atoms with Crippen LogP contribution in [0.2, 0.25) is 0 Å². The summed E-state index contributed by atoms with van der Waals surface area (Å²) in [5, 5.41) is 3.51. The van der Waals surface area contributed by atoms with E-state index in [2.05, 4.69) is 52.5 Å². The van der Waals surface area contributed by atoms with E-state index in [-0.39, 0.29) is 0 Å². The minimum atomic E-state index is 0.817. The summed E-state index contributed by atoms with van der Waals surface area (Å²) in [5.41, 5.74) is 6.14. The van der Waals surface area contributed by atoms with Crippen molar-refractivity contribution in [3.05, 3.63) is 53.3 Å². The summed E-state index contributed by atoms with van der Waals surface area (Å²) in [6.07, 6.45) is 4.58. The summed E-state index contributed by atoms with van der Waals surface area (Å²) in [4.78, 5) is 6.81. The van der Waals surface area contributed by atoms with Gasteiger partial charge in [-0.25, -0.2) is 0 Å². The Labute approximate surface area is 127 Å². The molecule has 0 atom stereocenters. The van der Waals surface area contributed by atoms with Gasteiger partial charge in [0.05, 0.1) is 0 Å². The van der Waals surface area contributed by atoms with Crippen molar-refractivity contribution in [1.29, 1.82) is 0 Å². The Morgan fingerprint density at radius 1 is 1.10 bits per heavy atom. The Balaban J connectivity index is 1.66. The average Bonchev–Trinajstić information content (AvgIpc) is 3.02. The first-order chi connectivity index (χ1) is 10.2. The van der Waals surface area contributed by atoms with Gasteiger partial charge in [0.25, 0.3) is 0 Å². The third kappa shape index (κ3) is 3.35. The monoisotopic (exact) mass is 281 g/mol. The number of rotatable bonds is 4. The second-order valence-corrected chi connectivity index (χ2v) is 5.85. The number of benzene rings is 1. The number of anilines is 2. The van der Waals surface area contributed by atoms with Crippen LogP contribution in [0.3, 0.4) is 0 Å². The molecule has 1 N–H and O–H groups in total. The molecule has 0 saturated carbocycles. The molecular formula is C18H23N3. The topological polar surface area (TPSA) is 28.2 Å². The van der Waals surface area contributed by atoms with Crippen molar-refractivity contribution >= 4 is 11.4 Å². The number of aromatic nitrogens is 1. The van der Waals surface area contributed by atoms with E-state index in [0.29, 0.717) is 0 Å². The predicted octanol–water partition coefficient (Wildman–Crippen LogP) is 3.91. The summed E-state index contributed by atoms with van der Waals surface area (Å²) >= 11 is 0. The van der Waals surface area contributed by atoms with Crippen LogP contribution in [-0.2, 0) is 6.54 Å². The quantitative estimate of drug-likeness (QED) is 0.921. The molecule has 0 aliphatic carbocycles. The first-order valence-electron chi connectivity index (χ1n) is 7.73. The molecule has 2 heterocycles. The van der Waals surface area contributed by atoms with Crippen LogP contribution in [-0.4, -0.2) is 18.1 Å². The Kier molecular flexibility index (Phi) is 4.09. The van der Waals surface area contributed by atoms with Gasteiger partial charge in [0.1, 0.15) is 0 Å². The highest BCUT2D eigenvalue weighted by Gasteiger charge is 2.12. The van der Waals surface area contributed by atoms with Crippen molar-refractivity contribution in [1.82, 2.24) is 4.98 Å². The van der Waals surface area contributed by atoms with E-state index in [9.17, 15) is 0 Å². The van der Waals surface area contributed by atoms with Crippen LogP contribution >= 0.6 is 0 Å². The number of pyridine rings is 1. The average molecular weight is 281 g/mol. The SMILES string of the molecule is Cc1ccc(CNc2ccc(N3CCCC3)cc2C)cn1. The van der Waals surface area contributed by atoms with Gasteiger partial charge >= 0.3 is 0 Å². The van der Waals surface area contributed by atoms with E-state index in [4.69, 9.17) is 0 Å². The second kappa shape index (κ2) is 6.17. The van der Waals surface area contributed by atoms with Gasteiger partial charge < -0.3 is 10.2 Å². The highest BCUT2D eigenvalue weighted by atomic mass is 15.1. The molecule has 1 saturated heterocycles. The van der Waals surface area contributed by atoms with Gasteiger partial charge in [-0.3, -0.25) is 4.98 Å². The van der Waals surface area contributed by atoms with Crippen molar-refractivity contribution in [3.8, 4) is 0 Å². The second-order valence-electron chi connectivity index (χ2n) is 5.85. The molecule has 1 fully saturated rings. The van der Waals surface area contributed by atoms with Crippen LogP contribution in [0, 0.1) is 13.8 Å². The summed E-state index contributed by atoms with van der Waals surface area (Å²) in [5.74, 6) is 0. The van der Waals surface area contributed by atoms with Crippen molar-refractivity contribution in [3.63, 3.8) is 0 Å². The third-order valence-corrected chi connectivity index (χ3v) is 4.14. The zero-order valence-corrected chi connectivity index (χ0v) is 12.9. The highest BCUT2D eigenvalue weighted by Crippen LogP contribution is 2.25. The van der Waals surface area contributed by atoms with E-state index < -0.39 is 0 Å². The van der Waals surface area contributed by atoms with Crippen LogP contribution in [0.5, 0.6) is 0 Å². The van der Waals surface area contributed by atoms with Gasteiger partial charge in [0.2, 0.25) is 0 Å². The van der Waals surface area contributed by atoms with Crippen LogP contribution < -0.4 is 10.2 Å². The molecule has 1 aliphatic heterocycles. The molecule has 0 bridgehead atoms. The van der Waals surface area contributed by atoms with Crippen molar-refractivity contribution in [2.24, 2.45) is 0 Å². The van der Waals surface area contributed by atoms with Gasteiger partial charge in [-0.1, -0.05) is 6.07 Å². The van der Waals surface area contributed by atoms with Gasteiger partial charge in [0, 0.05) is 42.9 Å². The molecular weight excluding hydrogens is 258 g/mol. The van der Waals surface area contributed by atoms with Crippen LogP contribution in [0.4, 0.5) is 11.4 Å². The molecule has 3 nitrogen and oxygen atoms in total. The van der Waals surface area contributed by atoms with Gasteiger partial charge in [-0.15, -0.1) is 0 Å². The lowest BCUT2D eigenvalue weighted by Crippen LogP contribution is -2.17. The van der Waals surface area contributed by atoms with Crippen molar-refractivity contribution in [2.45, 2.75) is 33.2 Å². The minimum Gasteiger partial charge on any atom is -0.381 e. The number of hydrogen-bond donors (Lipinski definition) is 1. The largest absolute Gasteiger partial charge is 0.381 e. The number of nitrogens with zero attached hydrogens (tertiary/aromatic N) is 2. The van der Waals surface area contributed by atoms with Gasteiger partial charge in [-0.2, -0.15) is 0 Å². The zero-order chi connectivity index (χ0) is 14.7. The molecule has 110 valence electrons. The van der Waals surface area contributed by atoms with E-state index >= 15 is 0 Å². The molecule has 1 aromatic carbocycles. The lowest BCUT2D eigenvalue weighted by Gasteiger charge is -2.19. The Bertz CT molecular complexity index is 598. The lowest BCUT2D eigenvalue weighted by atomic mass is 10.1. The molecule has 2 aromatic rings. The molecule has 3 heteroatoms. The smallest absolute Gasteiger partial charge is 0.0416 e. The summed E-state index contributed by atoms with van der Waals surface area (Å²) in [7, 11) is 0. The van der Waals surface area contributed by atoms with Gasteiger partial charge in [-0.05, 0) is 62.1 Å². The maximum Gasteiger partial charge on any atom is 0.0416 e. The lowest BCUT2D eigenvalue weighted by molar-refractivity contribution is 0.949. The zero-order valence-electron chi connectivity index (χ0n) is 12.9. The van der Waals surface area contributed by atoms with Crippen LogP contribution in [0.25, 0.3) is 0 Å². The molecule has 0 radical (unpaired) electrons. The first kappa shape index (κ1) is 13.9. The number of hydrogen-bond acceptors (Lipinski definition) is 3. The van der Waals surface area contributed by atoms with Gasteiger partial charge in [0.15, 0.2) is 0 Å².